The molecule has 1 aliphatic carbocycles. The smallest absolute Gasteiger partial charge is 0.223 e. The number of carbonyl (C=O) groups is 1. The molecule has 0 saturated heterocycles. The Labute approximate surface area is 69.4 Å². The molecule has 1 N–H and O–H groups in total. The summed E-state index contributed by atoms with van der Waals surface area (Å²) in [5.41, 5.74) is 0. The molecule has 1 aliphatic rings. The van der Waals surface area contributed by atoms with E-state index in [1.165, 1.54) is 0 Å². The van der Waals surface area contributed by atoms with Crippen LogP contribution >= 0.6 is 0 Å². The average Bonchev–Trinajstić information content (AvgIpc) is 2.86. The van der Waals surface area contributed by atoms with Gasteiger partial charge in [-0.25, -0.2) is 0 Å². The Morgan fingerprint density at radius 3 is 2.36 bits per heavy atom. The monoisotopic (exact) mass is 157 g/mol. The first-order valence-electron chi connectivity index (χ1n) is 4.62. The van der Waals surface area contributed by atoms with E-state index in [9.17, 15) is 4.79 Å². The minimum atomic E-state index is 0.261. The van der Waals surface area contributed by atoms with Gasteiger partial charge in [-0.05, 0) is 19.3 Å². The van der Waals surface area contributed by atoms with Crippen LogP contribution in [0.2, 0.25) is 0 Å². The quantitative estimate of drug-likeness (QED) is 0.666. The number of nitrogens with one attached hydrogen (secondary N) is 1. The molecule has 66 valence electrons. The van der Waals surface area contributed by atoms with Gasteiger partial charge in [-0.3, -0.25) is 4.79 Å². The molecule has 0 unspecified atom stereocenters. The van der Waals surface area contributed by atoms with Crippen molar-refractivity contribution in [3.05, 3.63) is 0 Å². The van der Waals surface area contributed by atoms with E-state index in [0.717, 1.165) is 25.8 Å². The van der Waals surface area contributed by atoms with Gasteiger partial charge in [0.25, 0.3) is 0 Å². The Balaban J connectivity index is 0.000000461. The molecular weight excluding hydrogens is 138 g/mol. The molecule has 1 saturated carbocycles. The third-order valence-corrected chi connectivity index (χ3v) is 1.50. The second-order valence-corrected chi connectivity index (χ2v) is 2.57. The Hall–Kier alpha value is -0.530. The number of hydrogen-bond donors (Lipinski definition) is 1. The standard InChI is InChI=1S/C7H13NO.C2H6/c1-2-5-8-7(9)6-3-4-6;1-2/h6H,2-5H2,1H3,(H,8,9);1-2H3. The largest absolute Gasteiger partial charge is 0.356 e. The van der Waals surface area contributed by atoms with Gasteiger partial charge < -0.3 is 5.32 Å². The normalized spacial score (nSPS) is 14.8. The van der Waals surface area contributed by atoms with Gasteiger partial charge in [0.2, 0.25) is 5.91 Å². The molecule has 1 amide bonds. The van der Waals surface area contributed by atoms with Crippen LogP contribution in [0.4, 0.5) is 0 Å². The van der Waals surface area contributed by atoms with Crippen molar-refractivity contribution < 1.29 is 4.79 Å². The minimum absolute atomic E-state index is 0.261. The molecule has 0 aromatic rings. The van der Waals surface area contributed by atoms with E-state index in [4.69, 9.17) is 0 Å². The lowest BCUT2D eigenvalue weighted by atomic mass is 10.4. The van der Waals surface area contributed by atoms with E-state index >= 15 is 0 Å². The van der Waals surface area contributed by atoms with E-state index in [-0.39, 0.29) is 5.91 Å². The van der Waals surface area contributed by atoms with Crippen molar-refractivity contribution in [2.45, 2.75) is 40.0 Å². The van der Waals surface area contributed by atoms with Crippen molar-refractivity contribution in [3.8, 4) is 0 Å². The number of amides is 1. The SMILES string of the molecule is CC.CCCNC(=O)C1CC1. The van der Waals surface area contributed by atoms with E-state index in [1.54, 1.807) is 0 Å². The lowest BCUT2D eigenvalue weighted by Crippen LogP contribution is -2.25. The summed E-state index contributed by atoms with van der Waals surface area (Å²) in [4.78, 5) is 10.9. The highest BCUT2D eigenvalue weighted by Gasteiger charge is 2.28. The van der Waals surface area contributed by atoms with Gasteiger partial charge in [0, 0.05) is 12.5 Å². The summed E-state index contributed by atoms with van der Waals surface area (Å²) in [5.74, 6) is 0.633. The number of rotatable bonds is 3. The molecule has 0 bridgehead atoms. The highest BCUT2D eigenvalue weighted by molar-refractivity contribution is 5.80. The van der Waals surface area contributed by atoms with Crippen LogP contribution in [0.5, 0.6) is 0 Å². The van der Waals surface area contributed by atoms with Crippen LogP contribution in [0.25, 0.3) is 0 Å². The van der Waals surface area contributed by atoms with Crippen molar-refractivity contribution in [1.82, 2.24) is 5.32 Å². The van der Waals surface area contributed by atoms with Gasteiger partial charge in [0.1, 0.15) is 0 Å². The maximum absolute atomic E-state index is 10.9. The zero-order chi connectivity index (χ0) is 8.69. The predicted molar refractivity (Wildman–Crippen MR) is 47.4 cm³/mol. The summed E-state index contributed by atoms with van der Waals surface area (Å²) in [6, 6.07) is 0. The first kappa shape index (κ1) is 10.5. The van der Waals surface area contributed by atoms with Crippen molar-refractivity contribution >= 4 is 5.91 Å². The second-order valence-electron chi connectivity index (χ2n) is 2.57. The van der Waals surface area contributed by atoms with Gasteiger partial charge in [-0.2, -0.15) is 0 Å². The van der Waals surface area contributed by atoms with E-state index in [2.05, 4.69) is 12.2 Å². The van der Waals surface area contributed by atoms with Gasteiger partial charge in [0.05, 0.1) is 0 Å². The van der Waals surface area contributed by atoms with Crippen molar-refractivity contribution in [2.75, 3.05) is 6.54 Å². The first-order valence-corrected chi connectivity index (χ1v) is 4.62. The highest BCUT2D eigenvalue weighted by atomic mass is 16.2. The maximum Gasteiger partial charge on any atom is 0.223 e. The molecule has 0 atom stereocenters. The fourth-order valence-electron chi connectivity index (χ4n) is 0.738. The summed E-state index contributed by atoms with van der Waals surface area (Å²) in [6.45, 7) is 6.91. The summed E-state index contributed by atoms with van der Waals surface area (Å²) in [7, 11) is 0. The molecule has 2 heteroatoms. The number of hydrogen-bond acceptors (Lipinski definition) is 1. The third kappa shape index (κ3) is 4.82. The second kappa shape index (κ2) is 6.20. The van der Waals surface area contributed by atoms with Crippen LogP contribution in [-0.2, 0) is 4.79 Å². The molecule has 0 aliphatic heterocycles. The Bertz CT molecular complexity index is 108. The van der Waals surface area contributed by atoms with Crippen LogP contribution in [0.15, 0.2) is 0 Å². The molecule has 2 nitrogen and oxygen atoms in total. The van der Waals surface area contributed by atoms with Gasteiger partial charge in [-0.15, -0.1) is 0 Å². The Morgan fingerprint density at radius 1 is 1.45 bits per heavy atom. The highest BCUT2D eigenvalue weighted by Crippen LogP contribution is 2.28. The van der Waals surface area contributed by atoms with Gasteiger partial charge in [0.15, 0.2) is 0 Å². The zero-order valence-corrected chi connectivity index (χ0v) is 7.81. The van der Waals surface area contributed by atoms with Crippen molar-refractivity contribution in [3.63, 3.8) is 0 Å². The van der Waals surface area contributed by atoms with E-state index in [0.29, 0.717) is 5.92 Å². The fraction of sp³-hybridized carbons (Fsp3) is 0.889. The molecule has 1 rings (SSSR count). The molecule has 0 aromatic carbocycles. The van der Waals surface area contributed by atoms with Crippen LogP contribution in [0.3, 0.4) is 0 Å². The van der Waals surface area contributed by atoms with Crippen LogP contribution in [-0.4, -0.2) is 12.5 Å². The zero-order valence-electron chi connectivity index (χ0n) is 7.81. The van der Waals surface area contributed by atoms with Crippen LogP contribution < -0.4 is 5.32 Å². The van der Waals surface area contributed by atoms with E-state index in [1.807, 2.05) is 13.8 Å². The predicted octanol–water partition coefficient (Wildman–Crippen LogP) is 1.95. The molecule has 1 fully saturated rings. The molecule has 0 radical (unpaired) electrons. The summed E-state index contributed by atoms with van der Waals surface area (Å²) >= 11 is 0. The van der Waals surface area contributed by atoms with Crippen LogP contribution in [0, 0.1) is 5.92 Å². The maximum atomic E-state index is 10.9. The molecule has 0 aromatic heterocycles. The summed E-state index contributed by atoms with van der Waals surface area (Å²) in [5, 5.41) is 2.86. The lowest BCUT2D eigenvalue weighted by Gasteiger charge is -1.98. The Morgan fingerprint density at radius 2 is 2.00 bits per heavy atom. The van der Waals surface area contributed by atoms with E-state index < -0.39 is 0 Å². The van der Waals surface area contributed by atoms with Gasteiger partial charge in [-0.1, -0.05) is 20.8 Å². The van der Waals surface area contributed by atoms with Crippen LogP contribution in [0.1, 0.15) is 40.0 Å². The van der Waals surface area contributed by atoms with Gasteiger partial charge >= 0.3 is 0 Å². The summed E-state index contributed by atoms with van der Waals surface area (Å²) in [6.07, 6.45) is 3.25. The fourth-order valence-corrected chi connectivity index (χ4v) is 0.738. The van der Waals surface area contributed by atoms with Crippen molar-refractivity contribution in [2.24, 2.45) is 5.92 Å². The minimum Gasteiger partial charge on any atom is -0.356 e. The lowest BCUT2D eigenvalue weighted by molar-refractivity contribution is -0.122. The molecule has 0 spiro atoms. The molecular formula is C9H19NO. The molecule has 0 heterocycles. The average molecular weight is 157 g/mol. The Kier molecular flexibility index (Phi) is 5.90. The first-order chi connectivity index (χ1) is 5.34. The topological polar surface area (TPSA) is 29.1 Å². The third-order valence-electron chi connectivity index (χ3n) is 1.50. The number of carbonyl (C=O) groups excluding carboxylic acids is 1. The summed E-state index contributed by atoms with van der Waals surface area (Å²) < 4.78 is 0. The molecule has 11 heavy (non-hydrogen) atoms. The van der Waals surface area contributed by atoms with Crippen molar-refractivity contribution in [1.29, 1.82) is 0 Å².